The van der Waals surface area contributed by atoms with Crippen LogP contribution in [-0.2, 0) is 11.3 Å². The summed E-state index contributed by atoms with van der Waals surface area (Å²) in [6.07, 6.45) is 7.59. The first-order valence-electron chi connectivity index (χ1n) is 9.78. The summed E-state index contributed by atoms with van der Waals surface area (Å²) in [5, 5.41) is 0. The lowest BCUT2D eigenvalue weighted by molar-refractivity contribution is -0.0508. The number of likely N-dealkylation sites (tertiary alicyclic amines) is 1. The van der Waals surface area contributed by atoms with Crippen LogP contribution in [0.1, 0.15) is 43.5 Å². The number of aromatic nitrogens is 1. The zero-order chi connectivity index (χ0) is 16.4. The van der Waals surface area contributed by atoms with Crippen molar-refractivity contribution in [3.63, 3.8) is 0 Å². The number of hydrogen-bond donors (Lipinski definition) is 0. The Morgan fingerprint density at radius 1 is 1.17 bits per heavy atom. The number of fused-ring (bicyclic) bond motifs is 1. The Kier molecular flexibility index (Phi) is 5.16. The first kappa shape index (κ1) is 16.5. The average molecular weight is 329 g/mol. The Morgan fingerprint density at radius 3 is 2.88 bits per heavy atom. The molecule has 132 valence electrons. The molecule has 2 aliphatic heterocycles. The molecule has 4 rings (SSSR count). The molecule has 3 fully saturated rings. The van der Waals surface area contributed by atoms with E-state index in [1.54, 1.807) is 0 Å². The second-order valence-electron chi connectivity index (χ2n) is 7.94. The molecule has 0 N–H and O–H groups in total. The van der Waals surface area contributed by atoms with Gasteiger partial charge in [-0.15, -0.1) is 0 Å². The third kappa shape index (κ3) is 3.81. The van der Waals surface area contributed by atoms with Crippen molar-refractivity contribution in [1.29, 1.82) is 0 Å². The van der Waals surface area contributed by atoms with Crippen LogP contribution in [0.2, 0.25) is 0 Å². The van der Waals surface area contributed by atoms with Gasteiger partial charge < -0.3 is 4.74 Å². The van der Waals surface area contributed by atoms with Crippen molar-refractivity contribution in [2.45, 2.75) is 57.7 Å². The molecule has 2 saturated heterocycles. The van der Waals surface area contributed by atoms with Crippen molar-refractivity contribution < 1.29 is 4.74 Å². The fourth-order valence-corrected chi connectivity index (χ4v) is 4.81. The normalized spacial score (nSPS) is 29.7. The van der Waals surface area contributed by atoms with Gasteiger partial charge in [0.2, 0.25) is 0 Å². The van der Waals surface area contributed by atoms with Crippen molar-refractivity contribution in [3.05, 3.63) is 29.6 Å². The fraction of sp³-hybridized carbons (Fsp3) is 0.750. The topological polar surface area (TPSA) is 28.6 Å². The van der Waals surface area contributed by atoms with Gasteiger partial charge in [0.25, 0.3) is 0 Å². The van der Waals surface area contributed by atoms with E-state index in [1.165, 1.54) is 50.9 Å². The van der Waals surface area contributed by atoms with Gasteiger partial charge in [-0.05, 0) is 37.8 Å². The minimum Gasteiger partial charge on any atom is -0.374 e. The summed E-state index contributed by atoms with van der Waals surface area (Å²) in [5.41, 5.74) is 2.31. The summed E-state index contributed by atoms with van der Waals surface area (Å²) in [5.74, 6) is 0.922. The Labute approximate surface area is 146 Å². The van der Waals surface area contributed by atoms with E-state index in [0.29, 0.717) is 12.1 Å². The monoisotopic (exact) mass is 329 g/mol. The SMILES string of the molecule is Cc1cccc(CN2CCO[C@@H]3CN(CC4CCCCC4)C[C@@H]32)n1. The molecular weight excluding hydrogens is 298 g/mol. The van der Waals surface area contributed by atoms with Gasteiger partial charge in [-0.1, -0.05) is 25.3 Å². The quantitative estimate of drug-likeness (QED) is 0.849. The Balaban J connectivity index is 1.37. The van der Waals surface area contributed by atoms with Crippen molar-refractivity contribution in [1.82, 2.24) is 14.8 Å². The van der Waals surface area contributed by atoms with Crippen LogP contribution in [0.15, 0.2) is 18.2 Å². The maximum Gasteiger partial charge on any atom is 0.0870 e. The van der Waals surface area contributed by atoms with Gasteiger partial charge in [-0.25, -0.2) is 0 Å². The molecule has 1 aromatic rings. The fourth-order valence-electron chi connectivity index (χ4n) is 4.81. The Hall–Kier alpha value is -0.970. The first-order chi connectivity index (χ1) is 11.8. The number of nitrogens with zero attached hydrogens (tertiary/aromatic N) is 3. The first-order valence-corrected chi connectivity index (χ1v) is 9.78. The third-order valence-electron chi connectivity index (χ3n) is 6.04. The summed E-state index contributed by atoms with van der Waals surface area (Å²) in [4.78, 5) is 9.98. The number of ether oxygens (including phenoxy) is 1. The number of aryl methyl sites for hydroxylation is 1. The summed E-state index contributed by atoms with van der Waals surface area (Å²) < 4.78 is 6.11. The Bertz CT molecular complexity index is 543. The van der Waals surface area contributed by atoms with E-state index in [4.69, 9.17) is 9.72 Å². The van der Waals surface area contributed by atoms with E-state index >= 15 is 0 Å². The van der Waals surface area contributed by atoms with Gasteiger partial charge in [0.05, 0.1) is 24.4 Å². The summed E-state index contributed by atoms with van der Waals surface area (Å²) in [6, 6.07) is 6.91. The van der Waals surface area contributed by atoms with Crippen LogP contribution >= 0.6 is 0 Å². The molecule has 0 spiro atoms. The van der Waals surface area contributed by atoms with Gasteiger partial charge in [-0.2, -0.15) is 0 Å². The van der Waals surface area contributed by atoms with Crippen LogP contribution in [0.3, 0.4) is 0 Å². The van der Waals surface area contributed by atoms with Crippen LogP contribution in [-0.4, -0.2) is 59.7 Å². The molecule has 1 aromatic heterocycles. The van der Waals surface area contributed by atoms with Gasteiger partial charge in [0.15, 0.2) is 0 Å². The minimum absolute atomic E-state index is 0.396. The second kappa shape index (κ2) is 7.51. The largest absolute Gasteiger partial charge is 0.374 e. The van der Waals surface area contributed by atoms with Crippen LogP contribution in [0.5, 0.6) is 0 Å². The molecule has 3 heterocycles. The predicted octanol–water partition coefficient (Wildman–Crippen LogP) is 2.86. The lowest BCUT2D eigenvalue weighted by atomic mass is 9.89. The number of pyridine rings is 1. The zero-order valence-corrected chi connectivity index (χ0v) is 15.0. The van der Waals surface area contributed by atoms with E-state index in [9.17, 15) is 0 Å². The van der Waals surface area contributed by atoms with Crippen LogP contribution in [0, 0.1) is 12.8 Å². The number of morpholine rings is 1. The lowest BCUT2D eigenvalue weighted by Gasteiger charge is -2.36. The number of hydrogen-bond acceptors (Lipinski definition) is 4. The summed E-state index contributed by atoms with van der Waals surface area (Å²) in [7, 11) is 0. The molecule has 2 atom stereocenters. The molecule has 4 heteroatoms. The van der Waals surface area contributed by atoms with E-state index in [2.05, 4.69) is 34.9 Å². The second-order valence-corrected chi connectivity index (χ2v) is 7.94. The maximum absolute atomic E-state index is 6.11. The molecule has 0 amide bonds. The average Bonchev–Trinajstić information content (AvgIpc) is 2.99. The molecule has 0 radical (unpaired) electrons. The van der Waals surface area contributed by atoms with Crippen molar-refractivity contribution in [3.8, 4) is 0 Å². The molecule has 0 aromatic carbocycles. The van der Waals surface area contributed by atoms with Crippen molar-refractivity contribution in [2.24, 2.45) is 5.92 Å². The van der Waals surface area contributed by atoms with Crippen LogP contribution in [0.25, 0.3) is 0 Å². The highest BCUT2D eigenvalue weighted by Gasteiger charge is 2.40. The molecule has 3 aliphatic rings. The molecule has 0 bridgehead atoms. The van der Waals surface area contributed by atoms with Gasteiger partial charge in [0, 0.05) is 38.4 Å². The van der Waals surface area contributed by atoms with E-state index in [1.807, 2.05) is 0 Å². The Morgan fingerprint density at radius 2 is 2.04 bits per heavy atom. The molecule has 24 heavy (non-hydrogen) atoms. The third-order valence-corrected chi connectivity index (χ3v) is 6.04. The van der Waals surface area contributed by atoms with Crippen molar-refractivity contribution in [2.75, 3.05) is 32.8 Å². The van der Waals surface area contributed by atoms with Gasteiger partial charge in [0.1, 0.15) is 0 Å². The summed E-state index contributed by atoms with van der Waals surface area (Å²) >= 11 is 0. The minimum atomic E-state index is 0.396. The highest BCUT2D eigenvalue weighted by molar-refractivity contribution is 5.10. The summed E-state index contributed by atoms with van der Waals surface area (Å²) in [6.45, 7) is 8.52. The van der Waals surface area contributed by atoms with Gasteiger partial charge >= 0.3 is 0 Å². The number of rotatable bonds is 4. The zero-order valence-electron chi connectivity index (χ0n) is 15.0. The molecule has 0 unspecified atom stereocenters. The highest BCUT2D eigenvalue weighted by Crippen LogP contribution is 2.29. The van der Waals surface area contributed by atoms with Crippen LogP contribution < -0.4 is 0 Å². The highest BCUT2D eigenvalue weighted by atomic mass is 16.5. The standard InChI is InChI=1S/C20H31N3O/c1-16-6-5-9-18(21-16)13-23-10-11-24-20-15-22(14-19(20)23)12-17-7-3-2-4-8-17/h5-6,9,17,19-20H,2-4,7-8,10-15H2,1H3/t19-,20+/m0/s1. The molecule has 1 aliphatic carbocycles. The van der Waals surface area contributed by atoms with E-state index in [0.717, 1.165) is 37.9 Å². The molecule has 1 saturated carbocycles. The van der Waals surface area contributed by atoms with Gasteiger partial charge in [-0.3, -0.25) is 14.8 Å². The maximum atomic E-state index is 6.11. The van der Waals surface area contributed by atoms with E-state index < -0.39 is 0 Å². The smallest absolute Gasteiger partial charge is 0.0870 e. The predicted molar refractivity (Wildman–Crippen MR) is 95.9 cm³/mol. The lowest BCUT2D eigenvalue weighted by Crippen LogP contribution is -2.50. The van der Waals surface area contributed by atoms with Crippen molar-refractivity contribution >= 4 is 0 Å². The molecule has 4 nitrogen and oxygen atoms in total. The molecular formula is C20H31N3O. The van der Waals surface area contributed by atoms with E-state index in [-0.39, 0.29) is 0 Å². The van der Waals surface area contributed by atoms with Crippen LogP contribution in [0.4, 0.5) is 0 Å².